The van der Waals surface area contributed by atoms with Crippen molar-refractivity contribution in [2.45, 2.75) is 32.9 Å². The van der Waals surface area contributed by atoms with E-state index in [0.717, 1.165) is 25.1 Å². The molecule has 0 saturated heterocycles. The number of hydrogen-bond acceptors (Lipinski definition) is 2. The molecule has 0 radical (unpaired) electrons. The van der Waals surface area contributed by atoms with Gasteiger partial charge in [0, 0.05) is 43.8 Å². The van der Waals surface area contributed by atoms with Gasteiger partial charge in [-0.05, 0) is 18.6 Å². The molecule has 17 heavy (non-hydrogen) atoms. The predicted octanol–water partition coefficient (Wildman–Crippen LogP) is 1.70. The monoisotopic (exact) mass is 231 g/mol. The van der Waals surface area contributed by atoms with Crippen molar-refractivity contribution in [3.63, 3.8) is 0 Å². The van der Waals surface area contributed by atoms with Crippen LogP contribution < -0.4 is 5.69 Å². The lowest BCUT2D eigenvalue weighted by Gasteiger charge is -2.01. The molecule has 0 aliphatic carbocycles. The third kappa shape index (κ3) is 2.84. The summed E-state index contributed by atoms with van der Waals surface area (Å²) in [5, 5.41) is 0. The molecule has 0 amide bonds. The minimum atomic E-state index is 0.0720. The maximum absolute atomic E-state index is 11.9. The van der Waals surface area contributed by atoms with E-state index >= 15 is 0 Å². The first-order chi connectivity index (χ1) is 8.31. The van der Waals surface area contributed by atoms with E-state index in [4.69, 9.17) is 0 Å². The van der Waals surface area contributed by atoms with Crippen molar-refractivity contribution in [2.75, 3.05) is 0 Å². The normalized spacial score (nSPS) is 10.6. The van der Waals surface area contributed by atoms with Gasteiger partial charge in [0.1, 0.15) is 0 Å². The fraction of sp³-hybridized carbons (Fsp3) is 0.385. The number of aryl methyl sites for hydroxylation is 3. The third-order valence-electron chi connectivity index (χ3n) is 2.72. The Bertz CT molecular complexity index is 513. The van der Waals surface area contributed by atoms with Crippen molar-refractivity contribution in [1.82, 2.24) is 14.1 Å². The molecule has 0 fully saturated rings. The van der Waals surface area contributed by atoms with E-state index in [1.54, 1.807) is 15.3 Å². The molecule has 4 heteroatoms. The summed E-state index contributed by atoms with van der Waals surface area (Å²) in [7, 11) is 0. The first-order valence-corrected chi connectivity index (χ1v) is 5.96. The molecular weight excluding hydrogens is 214 g/mol. The Morgan fingerprint density at radius 1 is 1.18 bits per heavy atom. The maximum Gasteiger partial charge on any atom is 0.328 e. The molecule has 0 aromatic carbocycles. The Morgan fingerprint density at radius 3 is 2.59 bits per heavy atom. The van der Waals surface area contributed by atoms with Gasteiger partial charge in [0.15, 0.2) is 0 Å². The largest absolute Gasteiger partial charge is 0.328 e. The highest BCUT2D eigenvalue weighted by Gasteiger charge is 2.02. The second kappa shape index (κ2) is 5.48. The second-order valence-corrected chi connectivity index (χ2v) is 4.04. The van der Waals surface area contributed by atoms with Gasteiger partial charge in [-0.3, -0.25) is 14.1 Å². The molecule has 0 N–H and O–H groups in total. The van der Waals surface area contributed by atoms with Gasteiger partial charge in [0.2, 0.25) is 0 Å². The SMILES string of the molecule is CCCn1ccn(CCc2ccccn2)c1=O. The zero-order valence-electron chi connectivity index (χ0n) is 10.0. The second-order valence-electron chi connectivity index (χ2n) is 4.04. The standard InChI is InChI=1S/C13H17N3O/c1-2-8-15-10-11-16(13(15)17)9-6-12-5-3-4-7-14-12/h3-5,7,10-11H,2,6,8-9H2,1H3. The van der Waals surface area contributed by atoms with E-state index in [-0.39, 0.29) is 5.69 Å². The van der Waals surface area contributed by atoms with E-state index < -0.39 is 0 Å². The maximum atomic E-state index is 11.9. The summed E-state index contributed by atoms with van der Waals surface area (Å²) < 4.78 is 3.49. The van der Waals surface area contributed by atoms with Gasteiger partial charge in [-0.25, -0.2) is 4.79 Å². The van der Waals surface area contributed by atoms with E-state index in [1.165, 1.54) is 0 Å². The summed E-state index contributed by atoms with van der Waals surface area (Å²) in [6.45, 7) is 3.54. The lowest BCUT2D eigenvalue weighted by molar-refractivity contribution is 0.598. The van der Waals surface area contributed by atoms with Crippen LogP contribution in [0.15, 0.2) is 41.6 Å². The third-order valence-corrected chi connectivity index (χ3v) is 2.72. The molecule has 2 aromatic rings. The van der Waals surface area contributed by atoms with E-state index in [2.05, 4.69) is 11.9 Å². The Kier molecular flexibility index (Phi) is 3.75. The minimum absolute atomic E-state index is 0.0720. The molecule has 2 rings (SSSR count). The van der Waals surface area contributed by atoms with Crippen LogP contribution in [0.5, 0.6) is 0 Å². The first-order valence-electron chi connectivity index (χ1n) is 5.96. The molecule has 2 aromatic heterocycles. The molecule has 2 heterocycles. The van der Waals surface area contributed by atoms with Crippen LogP contribution in [0.25, 0.3) is 0 Å². The van der Waals surface area contributed by atoms with Crippen LogP contribution in [0.3, 0.4) is 0 Å². The summed E-state index contributed by atoms with van der Waals surface area (Å²) in [6.07, 6.45) is 7.24. The van der Waals surface area contributed by atoms with Crippen molar-refractivity contribution < 1.29 is 0 Å². The van der Waals surface area contributed by atoms with Crippen LogP contribution in [-0.4, -0.2) is 14.1 Å². The number of aromatic nitrogens is 3. The van der Waals surface area contributed by atoms with Crippen LogP contribution in [0.2, 0.25) is 0 Å². The van der Waals surface area contributed by atoms with Crippen LogP contribution in [-0.2, 0) is 19.5 Å². The summed E-state index contributed by atoms with van der Waals surface area (Å²) in [4.78, 5) is 16.1. The van der Waals surface area contributed by atoms with E-state index in [9.17, 15) is 4.79 Å². The Hall–Kier alpha value is -1.84. The number of imidazole rings is 1. The summed E-state index contributed by atoms with van der Waals surface area (Å²) in [5.74, 6) is 0. The number of rotatable bonds is 5. The fourth-order valence-corrected chi connectivity index (χ4v) is 1.82. The topological polar surface area (TPSA) is 39.8 Å². The number of nitrogens with zero attached hydrogens (tertiary/aromatic N) is 3. The smallest absolute Gasteiger partial charge is 0.299 e. The Balaban J connectivity index is 2.02. The van der Waals surface area contributed by atoms with Crippen molar-refractivity contribution >= 4 is 0 Å². The van der Waals surface area contributed by atoms with Gasteiger partial charge in [-0.2, -0.15) is 0 Å². The molecule has 0 unspecified atom stereocenters. The Labute approximate surface area is 101 Å². The Morgan fingerprint density at radius 2 is 1.94 bits per heavy atom. The van der Waals surface area contributed by atoms with Crippen LogP contribution >= 0.6 is 0 Å². The van der Waals surface area contributed by atoms with Gasteiger partial charge in [-0.1, -0.05) is 13.0 Å². The molecule has 0 atom stereocenters. The van der Waals surface area contributed by atoms with Crippen molar-refractivity contribution in [3.05, 3.63) is 53.0 Å². The molecule has 0 aliphatic rings. The lowest BCUT2D eigenvalue weighted by atomic mass is 10.3. The molecule has 0 aliphatic heterocycles. The van der Waals surface area contributed by atoms with Crippen molar-refractivity contribution in [1.29, 1.82) is 0 Å². The van der Waals surface area contributed by atoms with Crippen LogP contribution in [0, 0.1) is 0 Å². The zero-order chi connectivity index (χ0) is 12.1. The highest BCUT2D eigenvalue weighted by Crippen LogP contribution is 1.97. The lowest BCUT2D eigenvalue weighted by Crippen LogP contribution is -2.24. The average molecular weight is 231 g/mol. The van der Waals surface area contributed by atoms with Crippen LogP contribution in [0.1, 0.15) is 19.0 Å². The summed E-state index contributed by atoms with van der Waals surface area (Å²) >= 11 is 0. The molecular formula is C13H17N3O. The quantitative estimate of drug-likeness (QED) is 0.785. The zero-order valence-corrected chi connectivity index (χ0v) is 10.0. The van der Waals surface area contributed by atoms with Gasteiger partial charge in [-0.15, -0.1) is 0 Å². The molecule has 90 valence electrons. The summed E-state index contributed by atoms with van der Waals surface area (Å²) in [6, 6.07) is 5.84. The van der Waals surface area contributed by atoms with Gasteiger partial charge >= 0.3 is 5.69 Å². The van der Waals surface area contributed by atoms with Crippen molar-refractivity contribution in [2.24, 2.45) is 0 Å². The molecule has 0 bridgehead atoms. The number of pyridine rings is 1. The molecule has 0 spiro atoms. The molecule has 4 nitrogen and oxygen atoms in total. The van der Waals surface area contributed by atoms with Gasteiger partial charge in [0.25, 0.3) is 0 Å². The van der Waals surface area contributed by atoms with E-state index in [1.807, 2.05) is 30.6 Å². The summed E-state index contributed by atoms with van der Waals surface area (Å²) in [5.41, 5.74) is 1.09. The fourth-order valence-electron chi connectivity index (χ4n) is 1.82. The average Bonchev–Trinajstić information content (AvgIpc) is 2.70. The van der Waals surface area contributed by atoms with Gasteiger partial charge in [0.05, 0.1) is 0 Å². The van der Waals surface area contributed by atoms with Crippen LogP contribution in [0.4, 0.5) is 0 Å². The minimum Gasteiger partial charge on any atom is -0.299 e. The van der Waals surface area contributed by atoms with E-state index in [0.29, 0.717) is 6.54 Å². The number of hydrogen-bond donors (Lipinski definition) is 0. The van der Waals surface area contributed by atoms with Gasteiger partial charge < -0.3 is 0 Å². The highest BCUT2D eigenvalue weighted by atomic mass is 16.1. The first kappa shape index (κ1) is 11.6. The predicted molar refractivity (Wildman–Crippen MR) is 66.9 cm³/mol. The molecule has 0 saturated carbocycles. The van der Waals surface area contributed by atoms with Crippen molar-refractivity contribution in [3.8, 4) is 0 Å². The highest BCUT2D eigenvalue weighted by molar-refractivity contribution is 5.03.